The van der Waals surface area contributed by atoms with Gasteiger partial charge in [0.1, 0.15) is 5.82 Å². The third-order valence-electron chi connectivity index (χ3n) is 4.09. The van der Waals surface area contributed by atoms with E-state index in [1.54, 1.807) is 13.0 Å². The average Bonchev–Trinajstić information content (AvgIpc) is 2.55. The second kappa shape index (κ2) is 7.89. The summed E-state index contributed by atoms with van der Waals surface area (Å²) in [6.45, 7) is 4.19. The molecule has 0 bridgehead atoms. The van der Waals surface area contributed by atoms with Crippen molar-refractivity contribution in [3.05, 3.63) is 41.0 Å². The van der Waals surface area contributed by atoms with Gasteiger partial charge in [0.05, 0.1) is 24.4 Å². The fourth-order valence-corrected chi connectivity index (χ4v) is 2.66. The van der Waals surface area contributed by atoms with Gasteiger partial charge in [-0.25, -0.2) is 19.2 Å². The van der Waals surface area contributed by atoms with Gasteiger partial charge in [-0.15, -0.1) is 0 Å². The molecule has 1 amide bonds. The Kier molecular flexibility index (Phi) is 6.02. The van der Waals surface area contributed by atoms with E-state index in [2.05, 4.69) is 20.0 Å². The van der Waals surface area contributed by atoms with Gasteiger partial charge in [-0.05, 0) is 25.5 Å². The maximum atomic E-state index is 14.5. The van der Waals surface area contributed by atoms with Crippen LogP contribution < -0.4 is 5.32 Å². The molecule has 1 unspecified atom stereocenters. The van der Waals surface area contributed by atoms with Gasteiger partial charge in [0.15, 0.2) is 0 Å². The van der Waals surface area contributed by atoms with Crippen molar-refractivity contribution in [2.75, 3.05) is 12.4 Å². The number of carbonyl (C=O) groups excluding carboxylic acids is 1. The third kappa shape index (κ3) is 4.72. The van der Waals surface area contributed by atoms with Crippen LogP contribution >= 0.6 is 0 Å². The molecule has 0 saturated carbocycles. The lowest BCUT2D eigenvalue weighted by Gasteiger charge is -2.20. The monoisotopic (exact) mass is 385 g/mol. The molecule has 1 atom stereocenters. The number of aryl methyl sites for hydroxylation is 2. The van der Waals surface area contributed by atoms with Crippen molar-refractivity contribution < 1.29 is 27.1 Å². The van der Waals surface area contributed by atoms with E-state index in [1.165, 1.54) is 19.1 Å². The smallest absolute Gasteiger partial charge is 0.413 e. The number of amides is 1. The van der Waals surface area contributed by atoms with Crippen LogP contribution in [0.25, 0.3) is 11.1 Å². The van der Waals surface area contributed by atoms with E-state index in [4.69, 9.17) is 0 Å². The molecule has 5 nitrogen and oxygen atoms in total. The Balaban J connectivity index is 2.65. The topological polar surface area (TPSA) is 64.1 Å². The molecule has 146 valence electrons. The summed E-state index contributed by atoms with van der Waals surface area (Å²) in [5.74, 6) is -2.51. The minimum atomic E-state index is -4.45. The van der Waals surface area contributed by atoms with Crippen LogP contribution in [0.3, 0.4) is 0 Å². The lowest BCUT2D eigenvalue weighted by Crippen LogP contribution is -2.23. The Morgan fingerprint density at radius 3 is 2.44 bits per heavy atom. The molecular weight excluding hydrogens is 366 g/mol. The summed E-state index contributed by atoms with van der Waals surface area (Å²) in [5.41, 5.74) is 1.11. The van der Waals surface area contributed by atoms with Gasteiger partial charge in [0.25, 0.3) is 0 Å². The van der Waals surface area contributed by atoms with Gasteiger partial charge < -0.3 is 4.74 Å². The van der Waals surface area contributed by atoms with Crippen LogP contribution in [0, 0.1) is 25.6 Å². The number of methoxy groups -OCH3 is 1. The molecule has 1 aromatic carbocycles. The van der Waals surface area contributed by atoms with E-state index < -0.39 is 30.4 Å². The number of nitrogens with one attached hydrogen (secondary N) is 1. The molecule has 9 heteroatoms. The zero-order valence-electron chi connectivity index (χ0n) is 15.2. The normalized spacial score (nSPS) is 12.6. The van der Waals surface area contributed by atoms with Gasteiger partial charge >= 0.3 is 12.3 Å². The summed E-state index contributed by atoms with van der Waals surface area (Å²) in [6.07, 6.45) is -5.80. The summed E-state index contributed by atoms with van der Waals surface area (Å²) in [6, 6.07) is 4.38. The molecule has 0 saturated heterocycles. The lowest BCUT2D eigenvalue weighted by molar-refractivity contribution is -0.169. The van der Waals surface area contributed by atoms with Crippen molar-refractivity contribution >= 4 is 12.0 Å². The van der Waals surface area contributed by atoms with Crippen molar-refractivity contribution in [1.29, 1.82) is 0 Å². The van der Waals surface area contributed by atoms with E-state index in [9.17, 15) is 22.4 Å². The van der Waals surface area contributed by atoms with Gasteiger partial charge in [-0.3, -0.25) is 5.32 Å². The number of benzene rings is 1. The van der Waals surface area contributed by atoms with Crippen LogP contribution in [0.5, 0.6) is 0 Å². The predicted octanol–water partition coefficient (Wildman–Crippen LogP) is 4.82. The van der Waals surface area contributed by atoms with E-state index in [0.29, 0.717) is 5.56 Å². The molecule has 0 fully saturated rings. The van der Waals surface area contributed by atoms with E-state index >= 15 is 0 Å². The molecule has 0 spiro atoms. The highest BCUT2D eigenvalue weighted by Crippen LogP contribution is 2.35. The van der Waals surface area contributed by atoms with Gasteiger partial charge in [-0.2, -0.15) is 13.2 Å². The first-order valence-electron chi connectivity index (χ1n) is 8.09. The molecular formula is C18H19F4N3O2. The van der Waals surface area contributed by atoms with Crippen LogP contribution in [0.2, 0.25) is 0 Å². The summed E-state index contributed by atoms with van der Waals surface area (Å²) < 4.78 is 58.2. The molecule has 27 heavy (non-hydrogen) atoms. The highest BCUT2D eigenvalue weighted by molar-refractivity contribution is 5.82. The molecule has 2 aromatic rings. The first-order chi connectivity index (χ1) is 12.5. The Hall–Kier alpha value is -2.71. The average molecular weight is 385 g/mol. The predicted molar refractivity (Wildman–Crippen MR) is 91.9 cm³/mol. The highest BCUT2D eigenvalue weighted by atomic mass is 19.4. The summed E-state index contributed by atoms with van der Waals surface area (Å²) in [7, 11) is 1.13. The zero-order chi connectivity index (χ0) is 20.4. The number of halogens is 4. The van der Waals surface area contributed by atoms with Crippen LogP contribution in [-0.4, -0.2) is 29.3 Å². The van der Waals surface area contributed by atoms with Crippen molar-refractivity contribution in [1.82, 2.24) is 9.97 Å². The summed E-state index contributed by atoms with van der Waals surface area (Å²) in [4.78, 5) is 19.5. The van der Waals surface area contributed by atoms with Gasteiger partial charge in [0, 0.05) is 17.5 Å². The maximum absolute atomic E-state index is 14.5. The minimum Gasteiger partial charge on any atom is -0.453 e. The van der Waals surface area contributed by atoms with Crippen LogP contribution in [-0.2, 0) is 11.2 Å². The molecule has 0 aliphatic rings. The Morgan fingerprint density at radius 2 is 1.89 bits per heavy atom. The number of hydrogen-bond acceptors (Lipinski definition) is 4. The second-order valence-corrected chi connectivity index (χ2v) is 6.15. The lowest BCUT2D eigenvalue weighted by atomic mass is 9.93. The third-order valence-corrected chi connectivity index (χ3v) is 4.09. The first kappa shape index (κ1) is 20.6. The molecule has 1 heterocycles. The van der Waals surface area contributed by atoms with E-state index in [1.807, 2.05) is 0 Å². The van der Waals surface area contributed by atoms with Crippen molar-refractivity contribution in [3.63, 3.8) is 0 Å². The van der Waals surface area contributed by atoms with Crippen molar-refractivity contribution in [2.45, 2.75) is 33.4 Å². The molecule has 1 N–H and O–H groups in total. The number of ether oxygens (including phenoxy) is 1. The number of aromatic nitrogens is 2. The number of anilines is 1. The fourth-order valence-electron chi connectivity index (χ4n) is 2.66. The second-order valence-electron chi connectivity index (χ2n) is 6.15. The summed E-state index contributed by atoms with van der Waals surface area (Å²) in [5, 5.41) is 2.23. The Labute approximate surface area is 153 Å². The highest BCUT2D eigenvalue weighted by Gasteiger charge is 2.37. The maximum Gasteiger partial charge on any atom is 0.413 e. The standard InChI is InChI=1S/C18H19F4N3O2/c1-9-6-5-7-12(19)14(9)15-11(3)23-16(25-17(26)27-4)24-13(15)8-10(2)18(20,21)22/h5-7,10H,8H2,1-4H3,(H,23,24,25,26). The first-order valence-corrected chi connectivity index (χ1v) is 8.09. The Morgan fingerprint density at radius 1 is 1.22 bits per heavy atom. The number of carbonyl (C=O) groups is 1. The zero-order valence-corrected chi connectivity index (χ0v) is 15.2. The largest absolute Gasteiger partial charge is 0.453 e. The van der Waals surface area contributed by atoms with Gasteiger partial charge in [0.2, 0.25) is 5.95 Å². The number of alkyl halides is 3. The van der Waals surface area contributed by atoms with E-state index in [-0.39, 0.29) is 28.5 Å². The number of rotatable bonds is 4. The van der Waals surface area contributed by atoms with Crippen LogP contribution in [0.15, 0.2) is 18.2 Å². The van der Waals surface area contributed by atoms with Gasteiger partial charge in [-0.1, -0.05) is 19.1 Å². The van der Waals surface area contributed by atoms with Crippen LogP contribution in [0.4, 0.5) is 28.3 Å². The molecule has 0 radical (unpaired) electrons. The minimum absolute atomic E-state index is 0.00747. The SMILES string of the molecule is COC(=O)Nc1nc(C)c(-c2c(C)cccc2F)c(CC(C)C(F)(F)F)n1. The van der Waals surface area contributed by atoms with Crippen molar-refractivity contribution in [3.8, 4) is 11.1 Å². The molecule has 1 aromatic heterocycles. The fraction of sp³-hybridized carbons (Fsp3) is 0.389. The summed E-state index contributed by atoms with van der Waals surface area (Å²) >= 11 is 0. The number of nitrogens with zero attached hydrogens (tertiary/aromatic N) is 2. The Bertz CT molecular complexity index is 833. The quantitative estimate of drug-likeness (QED) is 0.767. The molecule has 0 aliphatic carbocycles. The van der Waals surface area contributed by atoms with Crippen LogP contribution in [0.1, 0.15) is 23.9 Å². The van der Waals surface area contributed by atoms with E-state index in [0.717, 1.165) is 14.0 Å². The number of hydrogen-bond donors (Lipinski definition) is 1. The molecule has 2 rings (SSSR count). The molecule has 0 aliphatic heterocycles. The van der Waals surface area contributed by atoms with Crippen molar-refractivity contribution in [2.24, 2.45) is 5.92 Å².